The van der Waals surface area contributed by atoms with Gasteiger partial charge in [-0.05, 0) is 42.7 Å². The van der Waals surface area contributed by atoms with Crippen LogP contribution in [0.15, 0.2) is 24.3 Å². The van der Waals surface area contributed by atoms with E-state index in [0.29, 0.717) is 12.1 Å². The number of hydrogen-bond donors (Lipinski definition) is 0. The highest BCUT2D eigenvalue weighted by Crippen LogP contribution is 2.46. The molecule has 0 saturated carbocycles. The Morgan fingerprint density at radius 3 is 2.88 bits per heavy atom. The van der Waals surface area contributed by atoms with E-state index < -0.39 is 0 Å². The predicted molar refractivity (Wildman–Crippen MR) is 67.4 cm³/mol. The number of rotatable bonds is 0. The lowest BCUT2D eigenvalue weighted by Gasteiger charge is -2.51. The van der Waals surface area contributed by atoms with Crippen molar-refractivity contribution in [2.24, 2.45) is 0 Å². The number of piperidine rings is 1. The van der Waals surface area contributed by atoms with Crippen molar-refractivity contribution >= 4 is 0 Å². The maximum absolute atomic E-state index is 9.28. The van der Waals surface area contributed by atoms with E-state index in [1.54, 1.807) is 0 Å². The van der Waals surface area contributed by atoms with Crippen LogP contribution in [0.25, 0.3) is 0 Å². The van der Waals surface area contributed by atoms with Crippen molar-refractivity contribution in [2.45, 2.75) is 50.6 Å². The Morgan fingerprint density at radius 1 is 1.35 bits per heavy atom. The fourth-order valence-corrected chi connectivity index (χ4v) is 3.92. The molecule has 3 rings (SSSR count). The molecular formula is C15H18N2. The van der Waals surface area contributed by atoms with Gasteiger partial charge in [0.05, 0.1) is 0 Å². The van der Waals surface area contributed by atoms with Gasteiger partial charge in [0, 0.05) is 12.1 Å². The van der Waals surface area contributed by atoms with Crippen LogP contribution in [0, 0.1) is 11.5 Å². The first-order valence-corrected chi connectivity index (χ1v) is 6.40. The highest BCUT2D eigenvalue weighted by molar-refractivity contribution is 5.39. The quantitative estimate of drug-likeness (QED) is 0.636. The van der Waals surface area contributed by atoms with Crippen molar-refractivity contribution in [3.8, 4) is 6.19 Å². The van der Waals surface area contributed by atoms with Crippen molar-refractivity contribution < 1.29 is 0 Å². The maximum atomic E-state index is 9.28. The minimum atomic E-state index is 0.270. The van der Waals surface area contributed by atoms with E-state index in [0.717, 1.165) is 19.3 Å². The number of benzene rings is 1. The first kappa shape index (κ1) is 10.7. The molecule has 0 aromatic heterocycles. The third kappa shape index (κ3) is 1.45. The topological polar surface area (TPSA) is 27.0 Å². The lowest BCUT2D eigenvalue weighted by Crippen LogP contribution is -2.54. The highest BCUT2D eigenvalue weighted by Gasteiger charge is 2.45. The molecule has 0 N–H and O–H groups in total. The van der Waals surface area contributed by atoms with Gasteiger partial charge in [0.2, 0.25) is 0 Å². The third-order valence-electron chi connectivity index (χ3n) is 4.54. The van der Waals surface area contributed by atoms with E-state index in [4.69, 9.17) is 0 Å². The first-order chi connectivity index (χ1) is 8.14. The molecule has 2 nitrogen and oxygen atoms in total. The van der Waals surface area contributed by atoms with Gasteiger partial charge in [-0.15, -0.1) is 0 Å². The largest absolute Gasteiger partial charge is 0.304 e. The zero-order valence-electron chi connectivity index (χ0n) is 10.5. The van der Waals surface area contributed by atoms with Crippen LogP contribution in [0.3, 0.4) is 0 Å². The molecule has 2 aliphatic rings. The van der Waals surface area contributed by atoms with Gasteiger partial charge >= 0.3 is 0 Å². The molecule has 1 saturated heterocycles. The van der Waals surface area contributed by atoms with Crippen LogP contribution in [-0.4, -0.2) is 17.0 Å². The summed E-state index contributed by atoms with van der Waals surface area (Å²) >= 11 is 0. The molecule has 1 heterocycles. The van der Waals surface area contributed by atoms with Crippen LogP contribution in [0.2, 0.25) is 0 Å². The standard InChI is InChI=1S/C15H18N2/c1-11-8-15(2)9-13(17(11)10-16)7-12-5-3-4-6-14(12)15/h3-6,11,13H,7-9H2,1-2H3/t11-,13-,15-/m1/s1. The summed E-state index contributed by atoms with van der Waals surface area (Å²) in [6.45, 7) is 4.55. The Labute approximate surface area is 103 Å². The molecule has 1 aliphatic heterocycles. The zero-order chi connectivity index (χ0) is 12.0. The maximum Gasteiger partial charge on any atom is 0.179 e. The van der Waals surface area contributed by atoms with Crippen molar-refractivity contribution in [3.05, 3.63) is 35.4 Å². The number of likely N-dealkylation sites (tertiary alicyclic amines) is 1. The molecule has 3 atom stereocenters. The molecule has 1 aromatic rings. The monoisotopic (exact) mass is 226 g/mol. The zero-order valence-corrected chi connectivity index (χ0v) is 10.5. The lowest BCUT2D eigenvalue weighted by molar-refractivity contribution is 0.0907. The van der Waals surface area contributed by atoms with E-state index in [1.807, 2.05) is 4.90 Å². The Morgan fingerprint density at radius 2 is 2.12 bits per heavy atom. The van der Waals surface area contributed by atoms with Gasteiger partial charge in [0.25, 0.3) is 0 Å². The molecule has 2 heteroatoms. The fourth-order valence-electron chi connectivity index (χ4n) is 3.92. The summed E-state index contributed by atoms with van der Waals surface area (Å²) in [7, 11) is 0. The normalized spacial score (nSPS) is 35.0. The molecule has 1 aliphatic carbocycles. The minimum absolute atomic E-state index is 0.270. The lowest BCUT2D eigenvalue weighted by atomic mass is 9.63. The van der Waals surface area contributed by atoms with Gasteiger partial charge in [-0.3, -0.25) is 0 Å². The molecule has 88 valence electrons. The molecular weight excluding hydrogens is 208 g/mol. The SMILES string of the molecule is C[C@@H]1C[C@]2(C)C[C@@H](Cc3ccccc32)N1C#N. The smallest absolute Gasteiger partial charge is 0.179 e. The van der Waals surface area contributed by atoms with Crippen LogP contribution in [0.1, 0.15) is 37.8 Å². The Balaban J connectivity index is 2.09. The minimum Gasteiger partial charge on any atom is -0.304 e. The molecule has 0 radical (unpaired) electrons. The Bertz CT molecular complexity index is 488. The molecule has 1 aromatic carbocycles. The average Bonchev–Trinajstić information content (AvgIpc) is 2.28. The molecule has 0 amide bonds. The van der Waals surface area contributed by atoms with Crippen LogP contribution < -0.4 is 0 Å². The summed E-state index contributed by atoms with van der Waals surface area (Å²) < 4.78 is 0. The number of fused-ring (bicyclic) bond motifs is 4. The van der Waals surface area contributed by atoms with E-state index in [9.17, 15) is 5.26 Å². The van der Waals surface area contributed by atoms with Gasteiger partial charge in [-0.25, -0.2) is 0 Å². The Hall–Kier alpha value is -1.49. The van der Waals surface area contributed by atoms with Gasteiger partial charge in [0.15, 0.2) is 6.19 Å². The van der Waals surface area contributed by atoms with Crippen LogP contribution in [0.4, 0.5) is 0 Å². The van der Waals surface area contributed by atoms with E-state index >= 15 is 0 Å². The number of hydrogen-bond acceptors (Lipinski definition) is 2. The molecule has 1 fully saturated rings. The van der Waals surface area contributed by atoms with Gasteiger partial charge in [-0.2, -0.15) is 5.26 Å². The second-order valence-corrected chi connectivity index (χ2v) is 5.84. The molecule has 0 unspecified atom stereocenters. The van der Waals surface area contributed by atoms with Crippen molar-refractivity contribution in [1.82, 2.24) is 4.90 Å². The summed E-state index contributed by atoms with van der Waals surface area (Å²) in [5.74, 6) is 0. The number of nitriles is 1. The summed E-state index contributed by atoms with van der Waals surface area (Å²) in [5, 5.41) is 9.28. The summed E-state index contributed by atoms with van der Waals surface area (Å²) in [6, 6.07) is 9.54. The highest BCUT2D eigenvalue weighted by atomic mass is 15.2. The van der Waals surface area contributed by atoms with E-state index in [1.165, 1.54) is 11.1 Å². The Kier molecular flexibility index (Phi) is 2.19. The van der Waals surface area contributed by atoms with E-state index in [-0.39, 0.29) is 5.41 Å². The fraction of sp³-hybridized carbons (Fsp3) is 0.533. The van der Waals surface area contributed by atoms with Crippen LogP contribution in [0.5, 0.6) is 0 Å². The third-order valence-corrected chi connectivity index (χ3v) is 4.54. The van der Waals surface area contributed by atoms with Crippen molar-refractivity contribution in [3.63, 3.8) is 0 Å². The molecule has 17 heavy (non-hydrogen) atoms. The number of nitrogens with zero attached hydrogens (tertiary/aromatic N) is 2. The second-order valence-electron chi connectivity index (χ2n) is 5.84. The van der Waals surface area contributed by atoms with E-state index in [2.05, 4.69) is 44.3 Å². The van der Waals surface area contributed by atoms with Gasteiger partial charge in [0.1, 0.15) is 0 Å². The van der Waals surface area contributed by atoms with Crippen LogP contribution in [-0.2, 0) is 11.8 Å². The van der Waals surface area contributed by atoms with Crippen LogP contribution >= 0.6 is 0 Å². The van der Waals surface area contributed by atoms with Gasteiger partial charge < -0.3 is 4.90 Å². The van der Waals surface area contributed by atoms with Gasteiger partial charge in [-0.1, -0.05) is 31.2 Å². The first-order valence-electron chi connectivity index (χ1n) is 6.40. The van der Waals surface area contributed by atoms with Crippen molar-refractivity contribution in [1.29, 1.82) is 5.26 Å². The van der Waals surface area contributed by atoms with Crippen molar-refractivity contribution in [2.75, 3.05) is 0 Å². The summed E-state index contributed by atoms with van der Waals surface area (Å²) in [6.07, 6.45) is 5.64. The molecule has 2 bridgehead atoms. The second kappa shape index (κ2) is 3.50. The predicted octanol–water partition coefficient (Wildman–Crippen LogP) is 2.83. The average molecular weight is 226 g/mol. The summed E-state index contributed by atoms with van der Waals surface area (Å²) in [5.41, 5.74) is 3.23. The molecule has 0 spiro atoms. The summed E-state index contributed by atoms with van der Waals surface area (Å²) in [4.78, 5) is 2.01.